The predicted molar refractivity (Wildman–Crippen MR) is 65.1 cm³/mol. The summed E-state index contributed by atoms with van der Waals surface area (Å²) in [6, 6.07) is 2.35. The summed E-state index contributed by atoms with van der Waals surface area (Å²) in [5.74, 6) is 0. The van der Waals surface area contributed by atoms with Crippen molar-refractivity contribution in [3.05, 3.63) is 0 Å². The van der Waals surface area contributed by atoms with Gasteiger partial charge in [0.05, 0.1) is 23.7 Å². The van der Waals surface area contributed by atoms with Gasteiger partial charge in [-0.05, 0) is 47.1 Å². The number of ether oxygens (including phenoxy) is 1. The molecule has 2 unspecified atom stereocenters. The monoisotopic (exact) mass is 224 g/mol. The molecule has 0 N–H and O–H groups in total. The van der Waals surface area contributed by atoms with Gasteiger partial charge in [-0.2, -0.15) is 5.26 Å². The van der Waals surface area contributed by atoms with Crippen molar-refractivity contribution in [2.45, 2.75) is 52.7 Å². The molecular weight excluding hydrogens is 200 g/mol. The van der Waals surface area contributed by atoms with Crippen LogP contribution in [0.1, 0.15) is 40.5 Å². The summed E-state index contributed by atoms with van der Waals surface area (Å²) in [6.45, 7) is 11.4. The van der Waals surface area contributed by atoms with Crippen molar-refractivity contribution < 1.29 is 4.74 Å². The molecule has 0 spiro atoms. The minimum atomic E-state index is -0.177. The number of morpholine rings is 1. The van der Waals surface area contributed by atoms with E-state index in [0.717, 1.165) is 32.5 Å². The Hall–Kier alpha value is -0.590. The lowest BCUT2D eigenvalue weighted by molar-refractivity contribution is -0.0684. The molecule has 3 heteroatoms. The van der Waals surface area contributed by atoms with Gasteiger partial charge >= 0.3 is 0 Å². The van der Waals surface area contributed by atoms with Gasteiger partial charge in [-0.3, -0.25) is 4.90 Å². The largest absolute Gasteiger partial charge is 0.373 e. The third-order valence-electron chi connectivity index (χ3n) is 3.07. The molecule has 3 nitrogen and oxygen atoms in total. The lowest BCUT2D eigenvalue weighted by Crippen LogP contribution is -2.45. The first-order chi connectivity index (χ1) is 7.43. The van der Waals surface area contributed by atoms with Gasteiger partial charge in [-0.25, -0.2) is 0 Å². The summed E-state index contributed by atoms with van der Waals surface area (Å²) in [7, 11) is 0. The number of hydrogen-bond donors (Lipinski definition) is 0. The molecule has 1 saturated heterocycles. The Kier molecular flexibility index (Phi) is 4.76. The Labute approximate surface area is 99.4 Å². The molecule has 0 aromatic carbocycles. The van der Waals surface area contributed by atoms with Crippen LogP contribution in [0.3, 0.4) is 0 Å². The molecule has 1 heterocycles. The SMILES string of the molecule is CC1CN(CCCC(C)(C)C#N)CC(C)O1. The van der Waals surface area contributed by atoms with Crippen molar-refractivity contribution in [2.75, 3.05) is 19.6 Å². The Balaban J connectivity index is 2.25. The van der Waals surface area contributed by atoms with Gasteiger partial charge in [0.2, 0.25) is 0 Å². The van der Waals surface area contributed by atoms with E-state index in [1.54, 1.807) is 0 Å². The van der Waals surface area contributed by atoms with Crippen molar-refractivity contribution in [1.82, 2.24) is 4.90 Å². The van der Waals surface area contributed by atoms with E-state index in [2.05, 4.69) is 24.8 Å². The van der Waals surface area contributed by atoms with Crippen LogP contribution < -0.4 is 0 Å². The smallest absolute Gasteiger partial charge is 0.0683 e. The highest BCUT2D eigenvalue weighted by Gasteiger charge is 2.22. The minimum Gasteiger partial charge on any atom is -0.373 e. The van der Waals surface area contributed by atoms with E-state index in [1.165, 1.54) is 0 Å². The van der Waals surface area contributed by atoms with Crippen LogP contribution in [0.4, 0.5) is 0 Å². The van der Waals surface area contributed by atoms with Crippen LogP contribution in [0.2, 0.25) is 0 Å². The van der Waals surface area contributed by atoms with E-state index in [0.29, 0.717) is 12.2 Å². The molecule has 0 aromatic heterocycles. The van der Waals surface area contributed by atoms with Gasteiger partial charge in [-0.1, -0.05) is 0 Å². The third kappa shape index (κ3) is 4.51. The van der Waals surface area contributed by atoms with Crippen molar-refractivity contribution in [3.8, 4) is 6.07 Å². The summed E-state index contributed by atoms with van der Waals surface area (Å²) < 4.78 is 5.69. The zero-order chi connectivity index (χ0) is 12.2. The van der Waals surface area contributed by atoms with E-state index >= 15 is 0 Å². The minimum absolute atomic E-state index is 0.177. The second-order valence-corrected chi connectivity index (χ2v) is 5.62. The van der Waals surface area contributed by atoms with Crippen LogP contribution in [0, 0.1) is 16.7 Å². The standard InChI is InChI=1S/C13H24N2O/c1-11-8-15(9-12(2)16-11)7-5-6-13(3,4)10-14/h11-12H,5-9H2,1-4H3. The lowest BCUT2D eigenvalue weighted by atomic mass is 9.90. The van der Waals surface area contributed by atoms with Crippen molar-refractivity contribution in [2.24, 2.45) is 5.41 Å². The lowest BCUT2D eigenvalue weighted by Gasteiger charge is -2.35. The molecule has 0 saturated carbocycles. The van der Waals surface area contributed by atoms with Crippen molar-refractivity contribution in [3.63, 3.8) is 0 Å². The molecule has 1 aliphatic heterocycles. The fraction of sp³-hybridized carbons (Fsp3) is 0.923. The van der Waals surface area contributed by atoms with Crippen LogP contribution in [-0.2, 0) is 4.74 Å². The van der Waals surface area contributed by atoms with Gasteiger partial charge in [0, 0.05) is 13.1 Å². The molecule has 92 valence electrons. The van der Waals surface area contributed by atoms with Gasteiger partial charge < -0.3 is 4.74 Å². The third-order valence-corrected chi connectivity index (χ3v) is 3.07. The maximum atomic E-state index is 8.93. The molecule has 1 rings (SSSR count). The molecule has 2 atom stereocenters. The number of hydrogen-bond acceptors (Lipinski definition) is 3. The highest BCUT2D eigenvalue weighted by atomic mass is 16.5. The highest BCUT2D eigenvalue weighted by Crippen LogP contribution is 2.21. The van der Waals surface area contributed by atoms with Crippen LogP contribution in [0.25, 0.3) is 0 Å². The summed E-state index contributed by atoms with van der Waals surface area (Å²) in [5.41, 5.74) is -0.177. The summed E-state index contributed by atoms with van der Waals surface area (Å²) in [6.07, 6.45) is 2.75. The average Bonchev–Trinajstić information content (AvgIpc) is 2.16. The number of rotatable bonds is 4. The zero-order valence-corrected chi connectivity index (χ0v) is 11.0. The van der Waals surface area contributed by atoms with E-state index in [-0.39, 0.29) is 5.41 Å². The molecule has 16 heavy (non-hydrogen) atoms. The van der Waals surface area contributed by atoms with Crippen LogP contribution >= 0.6 is 0 Å². The molecule has 1 fully saturated rings. The van der Waals surface area contributed by atoms with Crippen molar-refractivity contribution in [1.29, 1.82) is 5.26 Å². The second-order valence-electron chi connectivity index (χ2n) is 5.62. The average molecular weight is 224 g/mol. The summed E-state index contributed by atoms with van der Waals surface area (Å²) in [5, 5.41) is 8.93. The maximum Gasteiger partial charge on any atom is 0.0683 e. The van der Waals surface area contributed by atoms with Crippen molar-refractivity contribution >= 4 is 0 Å². The first kappa shape index (κ1) is 13.5. The van der Waals surface area contributed by atoms with E-state index in [4.69, 9.17) is 10.00 Å². The highest BCUT2D eigenvalue weighted by molar-refractivity contribution is 4.91. The second kappa shape index (κ2) is 5.65. The molecule has 0 aliphatic carbocycles. The number of nitrogens with zero attached hydrogens (tertiary/aromatic N) is 2. The summed E-state index contributed by atoms with van der Waals surface area (Å²) >= 11 is 0. The fourth-order valence-corrected chi connectivity index (χ4v) is 2.27. The Morgan fingerprint density at radius 1 is 1.31 bits per heavy atom. The molecule has 0 aromatic rings. The van der Waals surface area contributed by atoms with Gasteiger partial charge in [0.15, 0.2) is 0 Å². The summed E-state index contributed by atoms with van der Waals surface area (Å²) in [4.78, 5) is 2.45. The Morgan fingerprint density at radius 3 is 2.38 bits per heavy atom. The predicted octanol–water partition coefficient (Wildman–Crippen LogP) is 2.43. The quantitative estimate of drug-likeness (QED) is 0.736. The first-order valence-electron chi connectivity index (χ1n) is 6.22. The fourth-order valence-electron chi connectivity index (χ4n) is 2.27. The van der Waals surface area contributed by atoms with Crippen LogP contribution in [0.5, 0.6) is 0 Å². The molecular formula is C13H24N2O. The molecule has 0 amide bonds. The van der Waals surface area contributed by atoms with E-state index < -0.39 is 0 Å². The van der Waals surface area contributed by atoms with Gasteiger partial charge in [-0.15, -0.1) is 0 Å². The number of nitriles is 1. The Morgan fingerprint density at radius 2 is 1.88 bits per heavy atom. The van der Waals surface area contributed by atoms with Gasteiger partial charge in [0.25, 0.3) is 0 Å². The van der Waals surface area contributed by atoms with Crippen LogP contribution in [-0.4, -0.2) is 36.7 Å². The molecule has 0 bridgehead atoms. The van der Waals surface area contributed by atoms with E-state index in [9.17, 15) is 0 Å². The molecule has 0 radical (unpaired) electrons. The van der Waals surface area contributed by atoms with Crippen LogP contribution in [0.15, 0.2) is 0 Å². The zero-order valence-electron chi connectivity index (χ0n) is 11.0. The molecule has 1 aliphatic rings. The van der Waals surface area contributed by atoms with Gasteiger partial charge in [0.1, 0.15) is 0 Å². The Bertz CT molecular complexity index is 247. The first-order valence-corrected chi connectivity index (χ1v) is 6.22. The topological polar surface area (TPSA) is 36.3 Å². The normalized spacial score (nSPS) is 27.7. The van der Waals surface area contributed by atoms with E-state index in [1.807, 2.05) is 13.8 Å². The maximum absolute atomic E-state index is 8.93.